The van der Waals surface area contributed by atoms with Crippen LogP contribution >= 0.6 is 22.9 Å². The molecule has 0 saturated heterocycles. The molecule has 4 nitrogen and oxygen atoms in total. The third kappa shape index (κ3) is 3.43. The first-order valence-corrected chi connectivity index (χ1v) is 8.06. The van der Waals surface area contributed by atoms with Gasteiger partial charge in [-0.05, 0) is 43.3 Å². The second kappa shape index (κ2) is 6.52. The molecule has 1 heterocycles. The van der Waals surface area contributed by atoms with Crippen LogP contribution in [0.1, 0.15) is 17.3 Å². The molecule has 0 unspecified atom stereocenters. The molecule has 3 aromatic rings. The number of aromatic nitrogens is 1. The van der Waals surface area contributed by atoms with E-state index in [1.165, 1.54) is 23.5 Å². The minimum absolute atomic E-state index is 0.0576. The molecule has 23 heavy (non-hydrogen) atoms. The van der Waals surface area contributed by atoms with Gasteiger partial charge in [0, 0.05) is 0 Å². The maximum absolute atomic E-state index is 13.0. The number of ether oxygens (including phenoxy) is 1. The molecule has 3 rings (SSSR count). The Morgan fingerprint density at radius 2 is 2.17 bits per heavy atom. The van der Waals surface area contributed by atoms with Crippen molar-refractivity contribution in [1.29, 1.82) is 0 Å². The fraction of sp³-hybridized carbons (Fsp3) is 0.125. The van der Waals surface area contributed by atoms with Gasteiger partial charge in [-0.25, -0.2) is 9.37 Å². The van der Waals surface area contributed by atoms with Crippen LogP contribution in [0.25, 0.3) is 10.2 Å². The van der Waals surface area contributed by atoms with Gasteiger partial charge in [0.2, 0.25) is 0 Å². The van der Waals surface area contributed by atoms with Crippen LogP contribution in [0, 0.1) is 5.82 Å². The molecule has 7 heteroatoms. The van der Waals surface area contributed by atoms with E-state index in [-0.39, 0.29) is 10.6 Å². The van der Waals surface area contributed by atoms with Crippen LogP contribution in [0.2, 0.25) is 5.02 Å². The first-order chi connectivity index (χ1) is 11.1. The number of nitrogens with zero attached hydrogens (tertiary/aromatic N) is 1. The van der Waals surface area contributed by atoms with Crippen LogP contribution in [-0.4, -0.2) is 17.5 Å². The Morgan fingerprint density at radius 3 is 2.91 bits per heavy atom. The van der Waals surface area contributed by atoms with Crippen LogP contribution in [0.5, 0.6) is 5.75 Å². The summed E-state index contributed by atoms with van der Waals surface area (Å²) in [7, 11) is 0. The van der Waals surface area contributed by atoms with Crippen LogP contribution in [0.3, 0.4) is 0 Å². The number of fused-ring (bicyclic) bond motifs is 1. The number of rotatable bonds is 4. The van der Waals surface area contributed by atoms with Gasteiger partial charge < -0.3 is 4.74 Å². The highest BCUT2D eigenvalue weighted by Gasteiger charge is 2.14. The van der Waals surface area contributed by atoms with Gasteiger partial charge in [-0.15, -0.1) is 0 Å². The highest BCUT2D eigenvalue weighted by molar-refractivity contribution is 7.22. The number of carbonyl (C=O) groups is 1. The Balaban J connectivity index is 1.84. The SMILES string of the molecule is CCOc1ccc2nc(NC(=O)c3ccc(F)cc3Cl)sc2c1. The third-order valence-electron chi connectivity index (χ3n) is 3.07. The number of carbonyl (C=O) groups excluding carboxylic acids is 1. The minimum Gasteiger partial charge on any atom is -0.494 e. The van der Waals surface area contributed by atoms with Gasteiger partial charge in [-0.2, -0.15) is 0 Å². The summed E-state index contributed by atoms with van der Waals surface area (Å²) in [4.78, 5) is 16.6. The fourth-order valence-corrected chi connectivity index (χ4v) is 3.20. The Kier molecular flexibility index (Phi) is 4.45. The monoisotopic (exact) mass is 350 g/mol. The van der Waals surface area contributed by atoms with Gasteiger partial charge in [0.25, 0.3) is 5.91 Å². The molecular formula is C16H12ClFN2O2S. The second-order valence-electron chi connectivity index (χ2n) is 4.66. The van der Waals surface area contributed by atoms with E-state index in [0.717, 1.165) is 22.0 Å². The summed E-state index contributed by atoms with van der Waals surface area (Å²) >= 11 is 7.22. The van der Waals surface area contributed by atoms with Crippen molar-refractivity contribution < 1.29 is 13.9 Å². The number of thiazole rings is 1. The fourth-order valence-electron chi connectivity index (χ4n) is 2.05. The van der Waals surface area contributed by atoms with E-state index in [1.54, 1.807) is 0 Å². The average molecular weight is 351 g/mol. The number of benzene rings is 2. The Labute approximate surface area is 140 Å². The highest BCUT2D eigenvalue weighted by atomic mass is 35.5. The zero-order valence-corrected chi connectivity index (χ0v) is 13.7. The lowest BCUT2D eigenvalue weighted by Crippen LogP contribution is -2.12. The molecule has 0 saturated carbocycles. The van der Waals surface area contributed by atoms with E-state index in [9.17, 15) is 9.18 Å². The molecule has 0 radical (unpaired) electrons. The van der Waals surface area contributed by atoms with Gasteiger partial charge in [0.15, 0.2) is 5.13 Å². The Morgan fingerprint density at radius 1 is 1.35 bits per heavy atom. The maximum atomic E-state index is 13.0. The Bertz CT molecular complexity index is 882. The van der Waals surface area contributed by atoms with Gasteiger partial charge >= 0.3 is 0 Å². The van der Waals surface area contributed by atoms with E-state index in [1.807, 2.05) is 25.1 Å². The number of amides is 1. The maximum Gasteiger partial charge on any atom is 0.258 e. The molecule has 1 N–H and O–H groups in total. The lowest BCUT2D eigenvalue weighted by atomic mass is 10.2. The van der Waals surface area contributed by atoms with Gasteiger partial charge in [-0.1, -0.05) is 22.9 Å². The van der Waals surface area contributed by atoms with E-state index < -0.39 is 11.7 Å². The third-order valence-corrected chi connectivity index (χ3v) is 4.31. The van der Waals surface area contributed by atoms with E-state index >= 15 is 0 Å². The summed E-state index contributed by atoms with van der Waals surface area (Å²) in [6.07, 6.45) is 0. The minimum atomic E-state index is -0.491. The van der Waals surface area contributed by atoms with Gasteiger partial charge in [0.1, 0.15) is 11.6 Å². The quantitative estimate of drug-likeness (QED) is 0.739. The molecule has 1 aromatic heterocycles. The number of hydrogen-bond donors (Lipinski definition) is 1. The molecule has 0 bridgehead atoms. The number of halogens is 2. The molecule has 118 valence electrons. The summed E-state index contributed by atoms with van der Waals surface area (Å²) < 4.78 is 19.4. The lowest BCUT2D eigenvalue weighted by Gasteiger charge is -2.03. The smallest absolute Gasteiger partial charge is 0.258 e. The number of nitrogens with one attached hydrogen (secondary N) is 1. The van der Waals surface area contributed by atoms with E-state index in [4.69, 9.17) is 16.3 Å². The van der Waals surface area contributed by atoms with Crippen molar-refractivity contribution >= 4 is 44.2 Å². The predicted octanol–water partition coefficient (Wildman–Crippen LogP) is 4.74. The summed E-state index contributed by atoms with van der Waals surface area (Å²) in [6, 6.07) is 9.16. The van der Waals surface area contributed by atoms with Crippen LogP contribution < -0.4 is 10.1 Å². The van der Waals surface area contributed by atoms with Crippen molar-refractivity contribution in [3.8, 4) is 5.75 Å². The molecule has 0 fully saturated rings. The van der Waals surface area contributed by atoms with E-state index in [2.05, 4.69) is 10.3 Å². The average Bonchev–Trinajstić information content (AvgIpc) is 2.88. The molecule has 2 aromatic carbocycles. The molecule has 0 atom stereocenters. The normalized spacial score (nSPS) is 10.7. The van der Waals surface area contributed by atoms with Crippen LogP contribution in [-0.2, 0) is 0 Å². The molecule has 0 aliphatic carbocycles. The molecule has 0 aliphatic rings. The van der Waals surface area contributed by atoms with Crippen molar-refractivity contribution in [3.05, 3.63) is 52.8 Å². The zero-order valence-electron chi connectivity index (χ0n) is 12.1. The topological polar surface area (TPSA) is 51.2 Å². The summed E-state index contributed by atoms with van der Waals surface area (Å²) in [6.45, 7) is 2.49. The first-order valence-electron chi connectivity index (χ1n) is 6.86. The van der Waals surface area contributed by atoms with Crippen molar-refractivity contribution in [2.24, 2.45) is 0 Å². The van der Waals surface area contributed by atoms with Crippen molar-refractivity contribution in [1.82, 2.24) is 4.98 Å². The molecule has 0 spiro atoms. The highest BCUT2D eigenvalue weighted by Crippen LogP contribution is 2.30. The second-order valence-corrected chi connectivity index (χ2v) is 6.10. The zero-order chi connectivity index (χ0) is 16.4. The molecule has 1 amide bonds. The van der Waals surface area contributed by atoms with Crippen molar-refractivity contribution in [2.75, 3.05) is 11.9 Å². The summed E-state index contributed by atoms with van der Waals surface area (Å²) in [5.74, 6) is -0.169. The number of hydrogen-bond acceptors (Lipinski definition) is 4. The molecular weight excluding hydrogens is 339 g/mol. The standard InChI is InChI=1S/C16H12ClFN2O2S/c1-2-22-10-4-6-13-14(8-10)23-16(19-13)20-15(21)11-5-3-9(18)7-12(11)17/h3-8H,2H2,1H3,(H,19,20,21). The Hall–Kier alpha value is -2.18. The van der Waals surface area contributed by atoms with E-state index in [0.29, 0.717) is 11.7 Å². The van der Waals surface area contributed by atoms with Crippen LogP contribution in [0.4, 0.5) is 9.52 Å². The lowest BCUT2D eigenvalue weighted by molar-refractivity contribution is 0.102. The molecule has 0 aliphatic heterocycles. The van der Waals surface area contributed by atoms with Crippen molar-refractivity contribution in [2.45, 2.75) is 6.92 Å². The number of anilines is 1. The van der Waals surface area contributed by atoms with Crippen molar-refractivity contribution in [3.63, 3.8) is 0 Å². The first kappa shape index (κ1) is 15.7. The summed E-state index contributed by atoms with van der Waals surface area (Å²) in [5, 5.41) is 3.18. The van der Waals surface area contributed by atoms with Gasteiger partial charge in [0.05, 0.1) is 27.4 Å². The summed E-state index contributed by atoms with van der Waals surface area (Å²) in [5.41, 5.74) is 0.960. The van der Waals surface area contributed by atoms with Crippen LogP contribution in [0.15, 0.2) is 36.4 Å². The largest absolute Gasteiger partial charge is 0.494 e. The predicted molar refractivity (Wildman–Crippen MR) is 90.2 cm³/mol. The van der Waals surface area contributed by atoms with Gasteiger partial charge in [-0.3, -0.25) is 10.1 Å².